The third kappa shape index (κ3) is 2.55. The minimum atomic E-state index is 0.721. The zero-order chi connectivity index (χ0) is 12.1. The van der Waals surface area contributed by atoms with Gasteiger partial charge in [0, 0.05) is 24.8 Å². The molecule has 1 aliphatic rings. The van der Waals surface area contributed by atoms with Gasteiger partial charge in [-0.1, -0.05) is 44.2 Å². The predicted molar refractivity (Wildman–Crippen MR) is 73.9 cm³/mol. The second-order valence-electron chi connectivity index (χ2n) is 5.43. The van der Waals surface area contributed by atoms with Crippen molar-refractivity contribution in [1.29, 1.82) is 0 Å². The van der Waals surface area contributed by atoms with E-state index < -0.39 is 0 Å². The molecule has 1 aromatic rings. The van der Waals surface area contributed by atoms with Crippen molar-refractivity contribution >= 4 is 0 Å². The highest BCUT2D eigenvalue weighted by Gasteiger charge is 2.38. The van der Waals surface area contributed by atoms with Gasteiger partial charge in [0.05, 0.1) is 19.6 Å². The normalized spacial score (nSPS) is 20.4. The van der Waals surface area contributed by atoms with Crippen molar-refractivity contribution in [2.75, 3.05) is 19.6 Å². The summed E-state index contributed by atoms with van der Waals surface area (Å²) in [5, 5.41) is 0. The maximum absolute atomic E-state index is 2.35. The van der Waals surface area contributed by atoms with E-state index in [0.29, 0.717) is 0 Å². The number of likely N-dealkylation sites (tertiary alicyclic amines) is 1. The highest BCUT2D eigenvalue weighted by molar-refractivity contribution is 5.17. The summed E-state index contributed by atoms with van der Waals surface area (Å²) in [7, 11) is 0. The van der Waals surface area contributed by atoms with Crippen molar-refractivity contribution in [3.05, 3.63) is 35.9 Å². The Hall–Kier alpha value is -0.820. The second-order valence-corrected chi connectivity index (χ2v) is 5.43. The molecule has 1 aromatic carbocycles. The molecule has 17 heavy (non-hydrogen) atoms. The van der Waals surface area contributed by atoms with Gasteiger partial charge >= 0.3 is 0 Å². The lowest BCUT2D eigenvalue weighted by Crippen LogP contribution is -2.48. The van der Waals surface area contributed by atoms with Crippen molar-refractivity contribution in [3.8, 4) is 0 Å². The van der Waals surface area contributed by atoms with E-state index in [1.165, 1.54) is 49.8 Å². The summed E-state index contributed by atoms with van der Waals surface area (Å²) in [5.41, 5.74) is 1.55. The van der Waals surface area contributed by atoms with Crippen LogP contribution in [0.15, 0.2) is 30.3 Å². The van der Waals surface area contributed by atoms with E-state index in [-0.39, 0.29) is 0 Å². The van der Waals surface area contributed by atoms with Gasteiger partial charge in [-0.3, -0.25) is 0 Å². The monoisotopic (exact) mass is 232 g/mol. The molecule has 1 atom stereocenters. The standard InChI is InChI=1S/C16H26N/c1-3-12-17(13-8-9-14-17)16(4-2)15-10-6-5-7-11-15/h5-7,10-11,16H,3-4,8-9,12-14H2,1-2H3/q+1. The smallest absolute Gasteiger partial charge is 0.114 e. The van der Waals surface area contributed by atoms with Crippen LogP contribution in [0, 0.1) is 0 Å². The van der Waals surface area contributed by atoms with Crippen LogP contribution in [0.4, 0.5) is 0 Å². The highest BCUT2D eigenvalue weighted by atomic mass is 15.4. The minimum Gasteiger partial charge on any atom is -0.317 e. The van der Waals surface area contributed by atoms with Gasteiger partial charge in [-0.05, 0) is 6.42 Å². The lowest BCUT2D eigenvalue weighted by molar-refractivity contribution is -0.946. The lowest BCUT2D eigenvalue weighted by atomic mass is 10.00. The van der Waals surface area contributed by atoms with Gasteiger partial charge in [-0.25, -0.2) is 0 Å². The summed E-state index contributed by atoms with van der Waals surface area (Å²) < 4.78 is 1.34. The van der Waals surface area contributed by atoms with E-state index in [9.17, 15) is 0 Å². The van der Waals surface area contributed by atoms with Crippen molar-refractivity contribution in [1.82, 2.24) is 0 Å². The fourth-order valence-corrected chi connectivity index (χ4v) is 3.72. The van der Waals surface area contributed by atoms with Gasteiger partial charge in [0.15, 0.2) is 0 Å². The molecule has 0 bridgehead atoms. The molecular weight excluding hydrogens is 206 g/mol. The zero-order valence-electron chi connectivity index (χ0n) is 11.4. The molecular formula is C16H26N+. The molecule has 1 aliphatic heterocycles. The third-order valence-electron chi connectivity index (χ3n) is 4.36. The van der Waals surface area contributed by atoms with E-state index in [0.717, 1.165) is 6.04 Å². The fourth-order valence-electron chi connectivity index (χ4n) is 3.72. The Kier molecular flexibility index (Phi) is 4.22. The Morgan fingerprint density at radius 2 is 1.71 bits per heavy atom. The van der Waals surface area contributed by atoms with Crippen LogP contribution in [0.5, 0.6) is 0 Å². The minimum absolute atomic E-state index is 0.721. The SMILES string of the molecule is CCC[N+]1(C(CC)c2ccccc2)CCCC1. The van der Waals surface area contributed by atoms with Crippen molar-refractivity contribution in [2.45, 2.75) is 45.6 Å². The van der Waals surface area contributed by atoms with Crippen LogP contribution >= 0.6 is 0 Å². The van der Waals surface area contributed by atoms with E-state index in [4.69, 9.17) is 0 Å². The molecule has 0 spiro atoms. The van der Waals surface area contributed by atoms with Gasteiger partial charge in [0.2, 0.25) is 0 Å². The molecule has 1 unspecified atom stereocenters. The van der Waals surface area contributed by atoms with Crippen LogP contribution in [0.25, 0.3) is 0 Å². The van der Waals surface area contributed by atoms with Crippen LogP contribution in [0.2, 0.25) is 0 Å². The average Bonchev–Trinajstić information content (AvgIpc) is 2.81. The first-order valence-corrected chi connectivity index (χ1v) is 7.23. The first kappa shape index (κ1) is 12.6. The molecule has 94 valence electrons. The van der Waals surface area contributed by atoms with Gasteiger partial charge in [-0.2, -0.15) is 0 Å². The maximum atomic E-state index is 2.35. The Bertz CT molecular complexity index is 325. The molecule has 1 fully saturated rings. The molecule has 0 N–H and O–H groups in total. The number of quaternary nitrogens is 1. The molecule has 1 heterocycles. The van der Waals surface area contributed by atoms with E-state index >= 15 is 0 Å². The summed E-state index contributed by atoms with van der Waals surface area (Å²) >= 11 is 0. The molecule has 1 heteroatoms. The fraction of sp³-hybridized carbons (Fsp3) is 0.625. The second kappa shape index (κ2) is 5.68. The maximum Gasteiger partial charge on any atom is 0.114 e. The van der Waals surface area contributed by atoms with Crippen LogP contribution in [0.1, 0.15) is 51.1 Å². The molecule has 0 radical (unpaired) electrons. The van der Waals surface area contributed by atoms with Gasteiger partial charge < -0.3 is 4.48 Å². The third-order valence-corrected chi connectivity index (χ3v) is 4.36. The molecule has 2 rings (SSSR count). The van der Waals surface area contributed by atoms with E-state index in [1.807, 2.05) is 0 Å². The van der Waals surface area contributed by atoms with Crippen molar-refractivity contribution in [3.63, 3.8) is 0 Å². The molecule has 1 saturated heterocycles. The number of benzene rings is 1. The zero-order valence-corrected chi connectivity index (χ0v) is 11.4. The van der Waals surface area contributed by atoms with Gasteiger partial charge in [-0.15, -0.1) is 0 Å². The number of rotatable bonds is 5. The molecule has 0 saturated carbocycles. The Labute approximate surface area is 106 Å². The summed E-state index contributed by atoms with van der Waals surface area (Å²) in [6.45, 7) is 8.82. The van der Waals surface area contributed by atoms with Crippen LogP contribution in [-0.4, -0.2) is 24.1 Å². The summed E-state index contributed by atoms with van der Waals surface area (Å²) in [5.74, 6) is 0. The Balaban J connectivity index is 2.26. The Morgan fingerprint density at radius 1 is 1.06 bits per heavy atom. The van der Waals surface area contributed by atoms with Gasteiger partial charge in [0.1, 0.15) is 6.04 Å². The summed E-state index contributed by atoms with van der Waals surface area (Å²) in [6.07, 6.45) is 5.42. The van der Waals surface area contributed by atoms with Crippen LogP contribution in [-0.2, 0) is 0 Å². The van der Waals surface area contributed by atoms with Crippen LogP contribution < -0.4 is 0 Å². The number of nitrogens with zero attached hydrogens (tertiary/aromatic N) is 1. The lowest BCUT2D eigenvalue weighted by Gasteiger charge is -2.41. The topological polar surface area (TPSA) is 0 Å². The number of hydrogen-bond donors (Lipinski definition) is 0. The quantitative estimate of drug-likeness (QED) is 0.669. The first-order chi connectivity index (χ1) is 8.32. The first-order valence-electron chi connectivity index (χ1n) is 7.23. The summed E-state index contributed by atoms with van der Waals surface area (Å²) in [6, 6.07) is 11.9. The molecule has 1 nitrogen and oxygen atoms in total. The van der Waals surface area contributed by atoms with E-state index in [1.54, 1.807) is 5.56 Å². The molecule has 0 aromatic heterocycles. The number of hydrogen-bond acceptors (Lipinski definition) is 0. The highest BCUT2D eigenvalue weighted by Crippen LogP contribution is 2.36. The molecule has 0 aliphatic carbocycles. The Morgan fingerprint density at radius 3 is 2.24 bits per heavy atom. The summed E-state index contributed by atoms with van der Waals surface area (Å²) in [4.78, 5) is 0. The largest absolute Gasteiger partial charge is 0.317 e. The van der Waals surface area contributed by atoms with Crippen molar-refractivity contribution < 1.29 is 4.48 Å². The molecule has 0 amide bonds. The van der Waals surface area contributed by atoms with Gasteiger partial charge in [0.25, 0.3) is 0 Å². The average molecular weight is 232 g/mol. The van der Waals surface area contributed by atoms with Crippen molar-refractivity contribution in [2.24, 2.45) is 0 Å². The van der Waals surface area contributed by atoms with Crippen LogP contribution in [0.3, 0.4) is 0 Å². The van der Waals surface area contributed by atoms with E-state index in [2.05, 4.69) is 44.2 Å². The predicted octanol–water partition coefficient (Wildman–Crippen LogP) is 4.16.